The number of hydrogen-bond acceptors (Lipinski definition) is 3. The summed E-state index contributed by atoms with van der Waals surface area (Å²) >= 11 is 0. The lowest BCUT2D eigenvalue weighted by atomic mass is 10.1. The van der Waals surface area contributed by atoms with Crippen molar-refractivity contribution in [3.63, 3.8) is 0 Å². The maximum absolute atomic E-state index is 5.78. The molecule has 0 radical (unpaired) electrons. The van der Waals surface area contributed by atoms with Crippen LogP contribution >= 0.6 is 0 Å². The van der Waals surface area contributed by atoms with Crippen molar-refractivity contribution >= 4 is 0 Å². The van der Waals surface area contributed by atoms with Crippen molar-refractivity contribution in [3.05, 3.63) is 28.8 Å². The molecule has 0 aromatic heterocycles. The van der Waals surface area contributed by atoms with Gasteiger partial charge in [0.1, 0.15) is 5.75 Å². The van der Waals surface area contributed by atoms with Crippen LogP contribution in [0, 0.1) is 20.8 Å². The summed E-state index contributed by atoms with van der Waals surface area (Å²) in [5, 5.41) is 3.05. The highest BCUT2D eigenvalue weighted by Crippen LogP contribution is 2.22. The zero-order valence-corrected chi connectivity index (χ0v) is 12.0. The Bertz CT molecular complexity index is 364. The summed E-state index contributed by atoms with van der Waals surface area (Å²) < 4.78 is 11.2. The first-order chi connectivity index (χ1) is 8.65. The fourth-order valence-corrected chi connectivity index (χ4v) is 1.71. The van der Waals surface area contributed by atoms with Gasteiger partial charge in [-0.05, 0) is 50.6 Å². The minimum atomic E-state index is 0.711. The zero-order chi connectivity index (χ0) is 13.4. The van der Waals surface area contributed by atoms with Crippen molar-refractivity contribution in [1.29, 1.82) is 0 Å². The van der Waals surface area contributed by atoms with Gasteiger partial charge in [0.25, 0.3) is 0 Å². The summed E-state index contributed by atoms with van der Waals surface area (Å²) in [6.07, 6.45) is 0.927. The molecule has 0 aliphatic rings. The Labute approximate surface area is 110 Å². The molecule has 3 nitrogen and oxygen atoms in total. The summed E-state index contributed by atoms with van der Waals surface area (Å²) in [7, 11) is 1.93. The fourth-order valence-electron chi connectivity index (χ4n) is 1.71. The van der Waals surface area contributed by atoms with Gasteiger partial charge in [-0.15, -0.1) is 0 Å². The van der Waals surface area contributed by atoms with E-state index < -0.39 is 0 Å². The monoisotopic (exact) mass is 251 g/mol. The van der Waals surface area contributed by atoms with E-state index in [1.54, 1.807) is 0 Å². The number of benzene rings is 1. The van der Waals surface area contributed by atoms with Crippen LogP contribution in [0.2, 0.25) is 0 Å². The Balaban J connectivity index is 2.25. The van der Waals surface area contributed by atoms with Crippen molar-refractivity contribution in [3.8, 4) is 5.75 Å². The van der Waals surface area contributed by atoms with Gasteiger partial charge in [-0.3, -0.25) is 0 Å². The lowest BCUT2D eigenvalue weighted by molar-refractivity contribution is 0.122. The van der Waals surface area contributed by atoms with Crippen LogP contribution in [0.5, 0.6) is 5.75 Å². The fraction of sp³-hybridized carbons (Fsp3) is 0.600. The maximum atomic E-state index is 5.78. The van der Waals surface area contributed by atoms with Gasteiger partial charge in [0.2, 0.25) is 0 Å². The predicted molar refractivity (Wildman–Crippen MR) is 75.5 cm³/mol. The largest absolute Gasteiger partial charge is 0.493 e. The van der Waals surface area contributed by atoms with Crippen LogP contribution in [0.4, 0.5) is 0 Å². The number of rotatable bonds is 8. The third kappa shape index (κ3) is 5.07. The number of nitrogens with one attached hydrogen (secondary N) is 1. The van der Waals surface area contributed by atoms with E-state index >= 15 is 0 Å². The molecule has 0 heterocycles. The quantitative estimate of drug-likeness (QED) is 0.720. The minimum absolute atomic E-state index is 0.711. The smallest absolute Gasteiger partial charge is 0.122 e. The van der Waals surface area contributed by atoms with E-state index in [2.05, 4.69) is 38.2 Å². The molecule has 0 aliphatic heterocycles. The third-order valence-corrected chi connectivity index (χ3v) is 2.98. The molecular formula is C15H25NO2. The molecule has 0 bridgehead atoms. The van der Waals surface area contributed by atoms with Crippen molar-refractivity contribution in [2.45, 2.75) is 27.2 Å². The van der Waals surface area contributed by atoms with Crippen molar-refractivity contribution in [2.24, 2.45) is 0 Å². The second-order valence-electron chi connectivity index (χ2n) is 4.62. The maximum Gasteiger partial charge on any atom is 0.122 e. The molecule has 0 saturated heterocycles. The van der Waals surface area contributed by atoms with Crippen LogP contribution in [-0.4, -0.2) is 33.4 Å². The van der Waals surface area contributed by atoms with Gasteiger partial charge in [0, 0.05) is 19.6 Å². The summed E-state index contributed by atoms with van der Waals surface area (Å²) in [6, 6.07) is 4.29. The second-order valence-corrected chi connectivity index (χ2v) is 4.62. The van der Waals surface area contributed by atoms with E-state index in [4.69, 9.17) is 9.47 Å². The van der Waals surface area contributed by atoms with Crippen LogP contribution < -0.4 is 10.1 Å². The first-order valence-electron chi connectivity index (χ1n) is 6.58. The van der Waals surface area contributed by atoms with Gasteiger partial charge in [-0.2, -0.15) is 0 Å². The Kier molecular flexibility index (Phi) is 6.76. The highest BCUT2D eigenvalue weighted by atomic mass is 16.5. The van der Waals surface area contributed by atoms with Crippen LogP contribution in [0.3, 0.4) is 0 Å². The van der Waals surface area contributed by atoms with E-state index in [0.29, 0.717) is 6.61 Å². The molecule has 3 heteroatoms. The standard InChI is InChI=1S/C15H25NO2/c1-12-10-14(3)15(11-13(12)2)18-8-5-7-17-9-6-16-4/h10-11,16H,5-9H2,1-4H3. The zero-order valence-electron chi connectivity index (χ0n) is 12.0. The summed E-state index contributed by atoms with van der Waals surface area (Å²) in [6.45, 7) is 9.46. The predicted octanol–water partition coefficient (Wildman–Crippen LogP) is 2.62. The molecule has 0 atom stereocenters. The topological polar surface area (TPSA) is 30.5 Å². The van der Waals surface area contributed by atoms with Crippen LogP contribution in [-0.2, 0) is 4.74 Å². The van der Waals surface area contributed by atoms with Crippen LogP contribution in [0.15, 0.2) is 12.1 Å². The molecule has 0 saturated carbocycles. The molecule has 1 aromatic rings. The minimum Gasteiger partial charge on any atom is -0.493 e. The van der Waals surface area contributed by atoms with Gasteiger partial charge < -0.3 is 14.8 Å². The SMILES string of the molecule is CNCCOCCCOc1cc(C)c(C)cc1C. The highest BCUT2D eigenvalue weighted by molar-refractivity contribution is 5.40. The first-order valence-corrected chi connectivity index (χ1v) is 6.58. The van der Waals surface area contributed by atoms with Gasteiger partial charge in [0.05, 0.1) is 13.2 Å². The molecule has 1 aromatic carbocycles. The molecule has 0 aliphatic carbocycles. The summed E-state index contributed by atoms with van der Waals surface area (Å²) in [5.41, 5.74) is 3.80. The third-order valence-electron chi connectivity index (χ3n) is 2.98. The van der Waals surface area contributed by atoms with E-state index in [1.807, 2.05) is 7.05 Å². The average Bonchev–Trinajstić information content (AvgIpc) is 2.34. The lowest BCUT2D eigenvalue weighted by Crippen LogP contribution is -2.15. The average molecular weight is 251 g/mol. The molecular weight excluding hydrogens is 226 g/mol. The van der Waals surface area contributed by atoms with E-state index in [1.165, 1.54) is 16.7 Å². The molecule has 0 unspecified atom stereocenters. The number of ether oxygens (including phenoxy) is 2. The molecule has 1 N–H and O–H groups in total. The Morgan fingerprint density at radius 1 is 0.944 bits per heavy atom. The summed E-state index contributed by atoms with van der Waals surface area (Å²) in [4.78, 5) is 0. The van der Waals surface area contributed by atoms with Crippen molar-refractivity contribution in [2.75, 3.05) is 33.4 Å². The second kappa shape index (κ2) is 8.11. The number of hydrogen-bond donors (Lipinski definition) is 1. The van der Waals surface area contributed by atoms with Crippen LogP contribution in [0.1, 0.15) is 23.1 Å². The highest BCUT2D eigenvalue weighted by Gasteiger charge is 2.02. The summed E-state index contributed by atoms with van der Waals surface area (Å²) in [5.74, 6) is 0.994. The van der Waals surface area contributed by atoms with Gasteiger partial charge >= 0.3 is 0 Å². The number of aryl methyl sites for hydroxylation is 3. The van der Waals surface area contributed by atoms with Crippen LogP contribution in [0.25, 0.3) is 0 Å². The molecule has 0 fully saturated rings. The van der Waals surface area contributed by atoms with E-state index in [0.717, 1.165) is 31.9 Å². The van der Waals surface area contributed by atoms with Gasteiger partial charge in [-0.1, -0.05) is 6.07 Å². The van der Waals surface area contributed by atoms with Crippen molar-refractivity contribution < 1.29 is 9.47 Å². The lowest BCUT2D eigenvalue weighted by Gasteiger charge is -2.11. The normalized spacial score (nSPS) is 10.7. The van der Waals surface area contributed by atoms with Gasteiger partial charge in [-0.25, -0.2) is 0 Å². The Morgan fingerprint density at radius 3 is 2.39 bits per heavy atom. The Hall–Kier alpha value is -1.06. The van der Waals surface area contributed by atoms with Crippen molar-refractivity contribution in [1.82, 2.24) is 5.32 Å². The van der Waals surface area contributed by atoms with E-state index in [9.17, 15) is 0 Å². The Morgan fingerprint density at radius 2 is 1.67 bits per heavy atom. The molecule has 18 heavy (non-hydrogen) atoms. The molecule has 1 rings (SSSR count). The number of likely N-dealkylation sites (N-methyl/N-ethyl adjacent to an activating group) is 1. The first kappa shape index (κ1) is 15.0. The molecule has 102 valence electrons. The van der Waals surface area contributed by atoms with E-state index in [-0.39, 0.29) is 0 Å². The van der Waals surface area contributed by atoms with Gasteiger partial charge in [0.15, 0.2) is 0 Å². The molecule has 0 amide bonds. The molecule has 0 spiro atoms.